The predicted molar refractivity (Wildman–Crippen MR) is 89.7 cm³/mol. The van der Waals surface area contributed by atoms with E-state index >= 15 is 0 Å². The van der Waals surface area contributed by atoms with Crippen molar-refractivity contribution >= 4 is 33.6 Å². The zero-order valence-electron chi connectivity index (χ0n) is 11.4. The van der Waals surface area contributed by atoms with Crippen LogP contribution >= 0.6 is 27.7 Å². The number of benzene rings is 2. The average Bonchev–Trinajstić information content (AvgIpc) is 2.47. The van der Waals surface area contributed by atoms with Crippen molar-refractivity contribution in [1.82, 2.24) is 5.32 Å². The van der Waals surface area contributed by atoms with Crippen LogP contribution in [0.4, 0.5) is 0 Å². The van der Waals surface area contributed by atoms with Crippen LogP contribution in [0.5, 0.6) is 5.75 Å². The molecule has 2 aromatic rings. The second-order valence-corrected chi connectivity index (χ2v) is 6.48. The third-order valence-electron chi connectivity index (χ3n) is 2.83. The Morgan fingerprint density at radius 2 is 1.95 bits per heavy atom. The lowest BCUT2D eigenvalue weighted by molar-refractivity contribution is -0.118. The molecule has 2 aromatic carbocycles. The van der Waals surface area contributed by atoms with Crippen molar-refractivity contribution in [2.24, 2.45) is 0 Å². The van der Waals surface area contributed by atoms with Crippen LogP contribution in [0, 0.1) is 0 Å². The Kier molecular flexibility index (Phi) is 6.14. The molecule has 0 aliphatic heterocycles. The summed E-state index contributed by atoms with van der Waals surface area (Å²) in [7, 11) is 0. The van der Waals surface area contributed by atoms with Crippen molar-refractivity contribution in [3.63, 3.8) is 0 Å². The summed E-state index contributed by atoms with van der Waals surface area (Å²) in [6, 6.07) is 15.0. The maximum Gasteiger partial charge on any atom is 0.230 e. The van der Waals surface area contributed by atoms with Gasteiger partial charge in [0.15, 0.2) is 0 Å². The number of rotatable bonds is 6. The lowest BCUT2D eigenvalue weighted by Crippen LogP contribution is -2.27. The van der Waals surface area contributed by atoms with Crippen LogP contribution in [-0.2, 0) is 11.2 Å². The number of hydrogen-bond acceptors (Lipinski definition) is 3. The molecule has 0 bridgehead atoms. The summed E-state index contributed by atoms with van der Waals surface area (Å²) in [4.78, 5) is 12.8. The molecule has 110 valence electrons. The standard InChI is InChI=1S/C16H16BrNO2S/c17-13-4-6-15(7-5-13)21-11-16(20)18-9-8-12-2-1-3-14(19)10-12/h1-7,10,19H,8-9,11H2,(H,18,20). The highest BCUT2D eigenvalue weighted by Crippen LogP contribution is 2.20. The number of nitrogens with one attached hydrogen (secondary N) is 1. The second kappa shape index (κ2) is 8.10. The van der Waals surface area contributed by atoms with Crippen LogP contribution in [-0.4, -0.2) is 23.3 Å². The smallest absolute Gasteiger partial charge is 0.230 e. The fourth-order valence-corrected chi connectivity index (χ4v) is 2.78. The summed E-state index contributed by atoms with van der Waals surface area (Å²) in [5.74, 6) is 0.675. The van der Waals surface area contributed by atoms with E-state index in [1.54, 1.807) is 18.2 Å². The number of aromatic hydroxyl groups is 1. The van der Waals surface area contributed by atoms with E-state index in [2.05, 4.69) is 21.2 Å². The number of thioether (sulfide) groups is 1. The van der Waals surface area contributed by atoms with Gasteiger partial charge in [0.25, 0.3) is 0 Å². The summed E-state index contributed by atoms with van der Waals surface area (Å²) < 4.78 is 1.03. The Morgan fingerprint density at radius 3 is 2.67 bits per heavy atom. The maximum atomic E-state index is 11.7. The first-order chi connectivity index (χ1) is 10.1. The lowest BCUT2D eigenvalue weighted by Gasteiger charge is -2.06. The van der Waals surface area contributed by atoms with Crippen molar-refractivity contribution < 1.29 is 9.90 Å². The van der Waals surface area contributed by atoms with E-state index in [4.69, 9.17) is 0 Å². The summed E-state index contributed by atoms with van der Waals surface area (Å²) in [5, 5.41) is 12.2. The molecule has 0 spiro atoms. The number of carbonyl (C=O) groups is 1. The van der Waals surface area contributed by atoms with Gasteiger partial charge < -0.3 is 10.4 Å². The summed E-state index contributed by atoms with van der Waals surface area (Å²) in [6.45, 7) is 0.573. The van der Waals surface area contributed by atoms with Crippen LogP contribution in [0.1, 0.15) is 5.56 Å². The van der Waals surface area contributed by atoms with Crippen LogP contribution in [0.25, 0.3) is 0 Å². The van der Waals surface area contributed by atoms with Gasteiger partial charge in [0, 0.05) is 15.9 Å². The predicted octanol–water partition coefficient (Wildman–Crippen LogP) is 3.61. The molecule has 0 aliphatic rings. The zero-order chi connectivity index (χ0) is 15.1. The molecule has 2 rings (SSSR count). The molecule has 2 N–H and O–H groups in total. The van der Waals surface area contributed by atoms with E-state index in [-0.39, 0.29) is 11.7 Å². The second-order valence-electron chi connectivity index (χ2n) is 4.51. The molecule has 0 fully saturated rings. The number of amides is 1. The van der Waals surface area contributed by atoms with Gasteiger partial charge in [-0.25, -0.2) is 0 Å². The van der Waals surface area contributed by atoms with E-state index in [9.17, 15) is 9.90 Å². The van der Waals surface area contributed by atoms with Crippen molar-refractivity contribution in [2.75, 3.05) is 12.3 Å². The Morgan fingerprint density at radius 1 is 1.19 bits per heavy atom. The molecular formula is C16H16BrNO2S. The van der Waals surface area contributed by atoms with Gasteiger partial charge in [-0.3, -0.25) is 4.79 Å². The van der Waals surface area contributed by atoms with E-state index in [0.29, 0.717) is 18.7 Å². The van der Waals surface area contributed by atoms with Crippen molar-refractivity contribution in [2.45, 2.75) is 11.3 Å². The molecule has 0 aromatic heterocycles. The highest BCUT2D eigenvalue weighted by atomic mass is 79.9. The molecule has 21 heavy (non-hydrogen) atoms. The quantitative estimate of drug-likeness (QED) is 0.768. The Bertz CT molecular complexity index is 601. The summed E-state index contributed by atoms with van der Waals surface area (Å²) >= 11 is 4.89. The monoisotopic (exact) mass is 365 g/mol. The SMILES string of the molecule is O=C(CSc1ccc(Br)cc1)NCCc1cccc(O)c1. The molecule has 0 saturated carbocycles. The maximum absolute atomic E-state index is 11.7. The van der Waals surface area contributed by atoms with E-state index in [1.807, 2.05) is 30.3 Å². The Labute approximate surface area is 136 Å². The first-order valence-electron chi connectivity index (χ1n) is 6.56. The first kappa shape index (κ1) is 15.9. The molecule has 0 heterocycles. The largest absolute Gasteiger partial charge is 0.508 e. The summed E-state index contributed by atoms with van der Waals surface area (Å²) in [6.07, 6.45) is 0.711. The van der Waals surface area contributed by atoms with Gasteiger partial charge in [-0.2, -0.15) is 0 Å². The molecule has 0 atom stereocenters. The van der Waals surface area contributed by atoms with Gasteiger partial charge in [0.1, 0.15) is 5.75 Å². The van der Waals surface area contributed by atoms with Gasteiger partial charge in [-0.1, -0.05) is 28.1 Å². The van der Waals surface area contributed by atoms with Crippen LogP contribution in [0.2, 0.25) is 0 Å². The topological polar surface area (TPSA) is 49.3 Å². The number of hydrogen-bond donors (Lipinski definition) is 2. The fraction of sp³-hybridized carbons (Fsp3) is 0.188. The average molecular weight is 366 g/mol. The fourth-order valence-electron chi connectivity index (χ4n) is 1.79. The molecule has 0 unspecified atom stereocenters. The van der Waals surface area contributed by atoms with Crippen molar-refractivity contribution in [3.05, 3.63) is 58.6 Å². The number of phenolic OH excluding ortho intramolecular Hbond substituents is 1. The third-order valence-corrected chi connectivity index (χ3v) is 4.37. The molecule has 1 amide bonds. The molecular weight excluding hydrogens is 350 g/mol. The van der Waals surface area contributed by atoms with Crippen LogP contribution in [0.3, 0.4) is 0 Å². The number of phenols is 1. The highest BCUT2D eigenvalue weighted by molar-refractivity contribution is 9.10. The Hall–Kier alpha value is -1.46. The highest BCUT2D eigenvalue weighted by Gasteiger charge is 2.03. The van der Waals surface area contributed by atoms with Gasteiger partial charge >= 0.3 is 0 Å². The normalized spacial score (nSPS) is 10.3. The van der Waals surface area contributed by atoms with Gasteiger partial charge in [0.2, 0.25) is 5.91 Å². The number of carbonyl (C=O) groups excluding carboxylic acids is 1. The van der Waals surface area contributed by atoms with Gasteiger partial charge in [0.05, 0.1) is 5.75 Å². The van der Waals surface area contributed by atoms with E-state index in [1.165, 1.54) is 11.8 Å². The van der Waals surface area contributed by atoms with Crippen molar-refractivity contribution in [1.29, 1.82) is 0 Å². The molecule has 5 heteroatoms. The van der Waals surface area contributed by atoms with E-state index < -0.39 is 0 Å². The Balaban J connectivity index is 1.69. The van der Waals surface area contributed by atoms with Gasteiger partial charge in [-0.15, -0.1) is 11.8 Å². The molecule has 0 radical (unpaired) electrons. The van der Waals surface area contributed by atoms with Crippen LogP contribution < -0.4 is 5.32 Å². The minimum absolute atomic E-state index is 0.0167. The number of halogens is 1. The first-order valence-corrected chi connectivity index (χ1v) is 8.34. The third kappa shape index (κ3) is 5.81. The van der Waals surface area contributed by atoms with Crippen molar-refractivity contribution in [3.8, 4) is 5.75 Å². The summed E-state index contributed by atoms with van der Waals surface area (Å²) in [5.41, 5.74) is 1.01. The minimum Gasteiger partial charge on any atom is -0.508 e. The van der Waals surface area contributed by atoms with Crippen LogP contribution in [0.15, 0.2) is 57.9 Å². The zero-order valence-corrected chi connectivity index (χ0v) is 13.8. The lowest BCUT2D eigenvalue weighted by atomic mass is 10.1. The van der Waals surface area contributed by atoms with Gasteiger partial charge in [-0.05, 0) is 48.4 Å². The molecule has 0 aliphatic carbocycles. The molecule has 0 saturated heterocycles. The minimum atomic E-state index is 0.0167. The van der Waals surface area contributed by atoms with E-state index in [0.717, 1.165) is 14.9 Å². The molecule has 3 nitrogen and oxygen atoms in total.